The van der Waals surface area contributed by atoms with E-state index in [1.807, 2.05) is 31.2 Å². The van der Waals surface area contributed by atoms with Crippen molar-refractivity contribution in [3.05, 3.63) is 63.2 Å². The van der Waals surface area contributed by atoms with Gasteiger partial charge in [0.1, 0.15) is 11.4 Å². The summed E-state index contributed by atoms with van der Waals surface area (Å²) in [7, 11) is 0. The van der Waals surface area contributed by atoms with Gasteiger partial charge in [0.25, 0.3) is 11.6 Å². The molecule has 0 bridgehead atoms. The monoisotopic (exact) mass is 406 g/mol. The Morgan fingerprint density at radius 1 is 1.18 bits per heavy atom. The summed E-state index contributed by atoms with van der Waals surface area (Å²) in [5.41, 5.74) is 0.750. The Bertz CT molecular complexity index is 854. The number of nitro groups is 1. The molecule has 8 nitrogen and oxygen atoms in total. The zero-order valence-electron chi connectivity index (χ0n) is 15.1. The van der Waals surface area contributed by atoms with E-state index in [0.717, 1.165) is 5.56 Å². The topological polar surface area (TPSA) is 108 Å². The van der Waals surface area contributed by atoms with Crippen molar-refractivity contribution >= 4 is 34.9 Å². The van der Waals surface area contributed by atoms with Gasteiger partial charge in [-0.2, -0.15) is 0 Å². The Morgan fingerprint density at radius 2 is 1.89 bits per heavy atom. The molecule has 0 radical (unpaired) electrons. The first kappa shape index (κ1) is 21.2. The average molecular weight is 407 g/mol. The predicted octanol–water partition coefficient (Wildman–Crippen LogP) is 3.90. The summed E-state index contributed by atoms with van der Waals surface area (Å²) in [5.74, 6) is -0.556. The molecule has 9 heteroatoms. The highest BCUT2D eigenvalue weighted by Gasteiger charge is 2.17. The van der Waals surface area contributed by atoms with Crippen LogP contribution in [0.25, 0.3) is 0 Å². The van der Waals surface area contributed by atoms with E-state index in [-0.39, 0.29) is 22.8 Å². The largest absolute Gasteiger partial charge is 0.494 e. The SMILES string of the molecule is Cc1ccc(OCCCC(=O)OCC(=O)Nc2cc(Cl)ccc2[N+](=O)[O-])cc1. The predicted molar refractivity (Wildman–Crippen MR) is 104 cm³/mol. The first-order valence-electron chi connectivity index (χ1n) is 8.44. The van der Waals surface area contributed by atoms with Gasteiger partial charge in [-0.1, -0.05) is 29.3 Å². The maximum atomic E-state index is 11.9. The van der Waals surface area contributed by atoms with Crippen molar-refractivity contribution in [3.8, 4) is 5.75 Å². The molecule has 0 aliphatic rings. The highest BCUT2D eigenvalue weighted by molar-refractivity contribution is 6.31. The van der Waals surface area contributed by atoms with Crippen LogP contribution in [0.4, 0.5) is 11.4 Å². The molecule has 2 aromatic rings. The molecule has 0 atom stereocenters. The van der Waals surface area contributed by atoms with Crippen molar-refractivity contribution in [3.63, 3.8) is 0 Å². The van der Waals surface area contributed by atoms with E-state index in [4.69, 9.17) is 21.1 Å². The van der Waals surface area contributed by atoms with Gasteiger partial charge in [-0.3, -0.25) is 19.7 Å². The van der Waals surface area contributed by atoms with Gasteiger partial charge in [0.2, 0.25) is 0 Å². The number of rotatable bonds is 9. The Balaban J connectivity index is 1.71. The lowest BCUT2D eigenvalue weighted by Crippen LogP contribution is -2.21. The molecule has 0 spiro atoms. The number of ether oxygens (including phenoxy) is 2. The van der Waals surface area contributed by atoms with Crippen LogP contribution in [0, 0.1) is 17.0 Å². The Hall–Kier alpha value is -3.13. The molecule has 1 amide bonds. The van der Waals surface area contributed by atoms with Crippen LogP contribution < -0.4 is 10.1 Å². The second-order valence-electron chi connectivity index (χ2n) is 5.89. The molecule has 1 N–H and O–H groups in total. The molecule has 0 saturated carbocycles. The van der Waals surface area contributed by atoms with Crippen molar-refractivity contribution < 1.29 is 24.0 Å². The number of nitro benzene ring substituents is 1. The third-order valence-corrected chi connectivity index (χ3v) is 3.84. The molecule has 0 aliphatic carbocycles. The minimum Gasteiger partial charge on any atom is -0.494 e. The van der Waals surface area contributed by atoms with Gasteiger partial charge >= 0.3 is 5.97 Å². The van der Waals surface area contributed by atoms with Crippen LogP contribution in [0.3, 0.4) is 0 Å². The van der Waals surface area contributed by atoms with Gasteiger partial charge in [0, 0.05) is 17.5 Å². The molecule has 0 heterocycles. The zero-order chi connectivity index (χ0) is 20.5. The fraction of sp³-hybridized carbons (Fsp3) is 0.263. The van der Waals surface area contributed by atoms with Crippen molar-refractivity contribution in [1.82, 2.24) is 0 Å². The summed E-state index contributed by atoms with van der Waals surface area (Å²) in [6.07, 6.45) is 0.505. The van der Waals surface area contributed by atoms with Crippen molar-refractivity contribution in [2.75, 3.05) is 18.5 Å². The molecular formula is C19H19ClN2O6. The smallest absolute Gasteiger partial charge is 0.306 e. The first-order valence-corrected chi connectivity index (χ1v) is 8.82. The van der Waals surface area contributed by atoms with Crippen LogP contribution in [-0.2, 0) is 14.3 Å². The molecule has 2 rings (SSSR count). The van der Waals surface area contributed by atoms with Crippen LogP contribution in [-0.4, -0.2) is 30.0 Å². The molecule has 0 unspecified atom stereocenters. The van der Waals surface area contributed by atoms with E-state index in [9.17, 15) is 19.7 Å². The Labute approximate surface area is 166 Å². The number of esters is 1. The molecule has 0 saturated heterocycles. The van der Waals surface area contributed by atoms with Gasteiger partial charge in [-0.15, -0.1) is 0 Å². The Morgan fingerprint density at radius 3 is 2.57 bits per heavy atom. The van der Waals surface area contributed by atoms with Gasteiger partial charge in [-0.25, -0.2) is 0 Å². The Kier molecular flexibility index (Phi) is 7.76. The summed E-state index contributed by atoms with van der Waals surface area (Å²) in [6, 6.07) is 11.3. The maximum Gasteiger partial charge on any atom is 0.306 e. The van der Waals surface area contributed by atoms with Crippen LogP contribution in [0.2, 0.25) is 5.02 Å². The molecule has 0 aromatic heterocycles. The summed E-state index contributed by atoms with van der Waals surface area (Å²) in [6.45, 7) is 1.75. The lowest BCUT2D eigenvalue weighted by molar-refractivity contribution is -0.383. The first-order chi connectivity index (χ1) is 13.3. The number of carbonyl (C=O) groups excluding carboxylic acids is 2. The van der Waals surface area contributed by atoms with E-state index < -0.39 is 23.4 Å². The highest BCUT2D eigenvalue weighted by Crippen LogP contribution is 2.27. The third kappa shape index (κ3) is 6.88. The van der Waals surface area contributed by atoms with Crippen LogP contribution in [0.1, 0.15) is 18.4 Å². The lowest BCUT2D eigenvalue weighted by atomic mass is 10.2. The lowest BCUT2D eigenvalue weighted by Gasteiger charge is -2.08. The minimum atomic E-state index is -0.699. The number of benzene rings is 2. The van der Waals surface area contributed by atoms with E-state index in [1.165, 1.54) is 18.2 Å². The quantitative estimate of drug-likeness (QED) is 0.293. The fourth-order valence-corrected chi connectivity index (χ4v) is 2.39. The van der Waals surface area contributed by atoms with E-state index in [0.29, 0.717) is 18.8 Å². The molecule has 28 heavy (non-hydrogen) atoms. The number of anilines is 1. The summed E-state index contributed by atoms with van der Waals surface area (Å²) >= 11 is 5.78. The van der Waals surface area contributed by atoms with Crippen molar-refractivity contribution in [2.45, 2.75) is 19.8 Å². The number of hydrogen-bond acceptors (Lipinski definition) is 6. The number of nitrogens with zero attached hydrogens (tertiary/aromatic N) is 1. The number of nitrogens with one attached hydrogen (secondary N) is 1. The second kappa shape index (κ2) is 10.3. The van der Waals surface area contributed by atoms with E-state index in [2.05, 4.69) is 5.32 Å². The number of hydrogen-bond donors (Lipinski definition) is 1. The molecular weight excluding hydrogens is 388 g/mol. The van der Waals surface area contributed by atoms with Crippen LogP contribution in [0.5, 0.6) is 5.75 Å². The number of carbonyl (C=O) groups is 2. The number of amides is 1. The minimum absolute atomic E-state index is 0.0648. The maximum absolute atomic E-state index is 11.9. The molecule has 0 aliphatic heterocycles. The number of aryl methyl sites for hydroxylation is 1. The average Bonchev–Trinajstić information content (AvgIpc) is 2.65. The van der Waals surface area contributed by atoms with Crippen LogP contribution >= 0.6 is 11.6 Å². The van der Waals surface area contributed by atoms with Gasteiger partial charge in [-0.05, 0) is 37.6 Å². The van der Waals surface area contributed by atoms with Gasteiger partial charge in [0.15, 0.2) is 6.61 Å². The summed E-state index contributed by atoms with van der Waals surface area (Å²) in [4.78, 5) is 33.9. The van der Waals surface area contributed by atoms with Crippen LogP contribution in [0.15, 0.2) is 42.5 Å². The summed E-state index contributed by atoms with van der Waals surface area (Å²) in [5, 5.41) is 13.5. The van der Waals surface area contributed by atoms with Gasteiger partial charge < -0.3 is 14.8 Å². The third-order valence-electron chi connectivity index (χ3n) is 3.61. The summed E-state index contributed by atoms with van der Waals surface area (Å²) < 4.78 is 10.4. The molecule has 0 fully saturated rings. The molecule has 148 valence electrons. The molecule has 2 aromatic carbocycles. The standard InChI is InChI=1S/C19H19ClN2O6/c1-13-4-7-15(8-5-13)27-10-2-3-19(24)28-12-18(23)21-16-11-14(20)6-9-17(16)22(25)26/h4-9,11H,2-3,10,12H2,1H3,(H,21,23). The normalized spacial score (nSPS) is 10.2. The van der Waals surface area contributed by atoms with Crippen molar-refractivity contribution in [1.29, 1.82) is 0 Å². The highest BCUT2D eigenvalue weighted by atomic mass is 35.5. The van der Waals surface area contributed by atoms with Crippen molar-refractivity contribution in [2.24, 2.45) is 0 Å². The zero-order valence-corrected chi connectivity index (χ0v) is 15.9. The fourth-order valence-electron chi connectivity index (χ4n) is 2.21. The van der Waals surface area contributed by atoms with E-state index in [1.54, 1.807) is 0 Å². The van der Waals surface area contributed by atoms with E-state index >= 15 is 0 Å². The van der Waals surface area contributed by atoms with Gasteiger partial charge in [0.05, 0.1) is 11.5 Å². The second-order valence-corrected chi connectivity index (χ2v) is 6.33. The number of halogens is 1.